The van der Waals surface area contributed by atoms with E-state index in [1.165, 1.54) is 0 Å². The maximum absolute atomic E-state index is 11.9. The van der Waals surface area contributed by atoms with Gasteiger partial charge in [-0.15, -0.1) is 0 Å². The Morgan fingerprint density at radius 1 is 1.30 bits per heavy atom. The van der Waals surface area contributed by atoms with Gasteiger partial charge in [0.05, 0.1) is 5.92 Å². The van der Waals surface area contributed by atoms with Crippen LogP contribution < -0.4 is 5.32 Å². The van der Waals surface area contributed by atoms with Crippen LogP contribution in [0.15, 0.2) is 24.3 Å². The zero-order valence-electron chi connectivity index (χ0n) is 12.5. The van der Waals surface area contributed by atoms with Crippen LogP contribution in [0, 0.1) is 12.8 Å². The number of halogens is 3. The van der Waals surface area contributed by atoms with Crippen molar-refractivity contribution in [3.8, 4) is 0 Å². The summed E-state index contributed by atoms with van der Waals surface area (Å²) in [6, 6.07) is 7.25. The molecule has 0 saturated heterocycles. The van der Waals surface area contributed by atoms with Crippen molar-refractivity contribution in [1.82, 2.24) is 5.32 Å². The zero-order valence-corrected chi connectivity index (χ0v) is 12.5. The summed E-state index contributed by atoms with van der Waals surface area (Å²) in [5, 5.41) is 11.5. The van der Waals surface area contributed by atoms with Crippen LogP contribution in [0.3, 0.4) is 0 Å². The summed E-state index contributed by atoms with van der Waals surface area (Å²) in [5.74, 6) is -2.75. The molecule has 0 saturated carbocycles. The van der Waals surface area contributed by atoms with E-state index >= 15 is 0 Å². The van der Waals surface area contributed by atoms with Gasteiger partial charge in [0.15, 0.2) is 0 Å². The van der Waals surface area contributed by atoms with Crippen LogP contribution in [0.1, 0.15) is 11.1 Å². The van der Waals surface area contributed by atoms with Crippen molar-refractivity contribution in [2.75, 3.05) is 19.8 Å². The van der Waals surface area contributed by atoms with Gasteiger partial charge in [-0.1, -0.05) is 24.3 Å². The fourth-order valence-corrected chi connectivity index (χ4v) is 1.90. The molecule has 1 rings (SSSR count). The second-order valence-electron chi connectivity index (χ2n) is 5.08. The molecule has 1 aromatic carbocycles. The quantitative estimate of drug-likeness (QED) is 0.762. The van der Waals surface area contributed by atoms with E-state index in [2.05, 4.69) is 10.1 Å². The number of carboxylic acid groups (broad SMARTS) is 1. The highest BCUT2D eigenvalue weighted by Crippen LogP contribution is 2.14. The maximum atomic E-state index is 11.9. The Morgan fingerprint density at radius 2 is 1.96 bits per heavy atom. The summed E-state index contributed by atoms with van der Waals surface area (Å²) in [6.45, 7) is -0.627. The largest absolute Gasteiger partial charge is 0.481 e. The van der Waals surface area contributed by atoms with Crippen molar-refractivity contribution in [3.63, 3.8) is 0 Å². The van der Waals surface area contributed by atoms with Crippen LogP contribution >= 0.6 is 0 Å². The first kappa shape index (κ1) is 19.0. The standard InChI is InChI=1S/C15H18F3NO4/c1-10-4-2-3-5-11(10)6-12(14(21)22)7-19-13(20)8-23-9-15(16,17)18/h2-5,12H,6-9H2,1H3,(H,19,20)(H,21,22). The molecule has 0 aliphatic heterocycles. The van der Waals surface area contributed by atoms with Gasteiger partial charge in [0, 0.05) is 6.54 Å². The van der Waals surface area contributed by atoms with Gasteiger partial charge in [0.25, 0.3) is 0 Å². The number of nitrogens with one attached hydrogen (secondary N) is 1. The normalized spacial score (nSPS) is 12.7. The predicted octanol–water partition coefficient (Wildman–Crippen LogP) is 1.93. The Labute approximate surface area is 131 Å². The number of hydrogen-bond acceptors (Lipinski definition) is 3. The Bertz CT molecular complexity index is 546. The molecule has 0 radical (unpaired) electrons. The molecule has 1 amide bonds. The van der Waals surface area contributed by atoms with Gasteiger partial charge < -0.3 is 15.2 Å². The molecule has 0 spiro atoms. The Morgan fingerprint density at radius 3 is 2.52 bits per heavy atom. The van der Waals surface area contributed by atoms with Gasteiger partial charge in [-0.3, -0.25) is 9.59 Å². The van der Waals surface area contributed by atoms with Crippen molar-refractivity contribution in [1.29, 1.82) is 0 Å². The molecule has 23 heavy (non-hydrogen) atoms. The number of aliphatic carboxylic acids is 1. The molecule has 2 N–H and O–H groups in total. The van der Waals surface area contributed by atoms with E-state index < -0.39 is 37.2 Å². The zero-order chi connectivity index (χ0) is 17.5. The molecule has 0 aromatic heterocycles. The fraction of sp³-hybridized carbons (Fsp3) is 0.467. The number of carboxylic acids is 1. The predicted molar refractivity (Wildman–Crippen MR) is 75.9 cm³/mol. The maximum Gasteiger partial charge on any atom is 0.411 e. The average Bonchev–Trinajstić information content (AvgIpc) is 2.43. The highest BCUT2D eigenvalue weighted by Gasteiger charge is 2.28. The van der Waals surface area contributed by atoms with E-state index in [1.54, 1.807) is 12.1 Å². The lowest BCUT2D eigenvalue weighted by Gasteiger charge is -2.15. The molecule has 1 aromatic rings. The number of amides is 1. The van der Waals surface area contributed by atoms with Crippen LogP contribution in [0.4, 0.5) is 13.2 Å². The SMILES string of the molecule is Cc1ccccc1CC(CNC(=O)COCC(F)(F)F)C(=O)O. The van der Waals surface area contributed by atoms with Crippen LogP contribution in [0.25, 0.3) is 0 Å². The van der Waals surface area contributed by atoms with Gasteiger partial charge in [-0.25, -0.2) is 0 Å². The number of alkyl halides is 3. The third kappa shape index (κ3) is 7.64. The molecule has 0 bridgehead atoms. The third-order valence-electron chi connectivity index (χ3n) is 3.12. The number of ether oxygens (including phenoxy) is 1. The van der Waals surface area contributed by atoms with E-state index in [4.69, 9.17) is 0 Å². The second-order valence-corrected chi connectivity index (χ2v) is 5.08. The summed E-state index contributed by atoms with van der Waals surface area (Å²) in [5.41, 5.74) is 1.76. The monoisotopic (exact) mass is 333 g/mol. The topological polar surface area (TPSA) is 75.6 Å². The van der Waals surface area contributed by atoms with Crippen molar-refractivity contribution >= 4 is 11.9 Å². The number of carbonyl (C=O) groups is 2. The fourth-order valence-electron chi connectivity index (χ4n) is 1.90. The highest BCUT2D eigenvalue weighted by molar-refractivity contribution is 5.78. The molecular weight excluding hydrogens is 315 g/mol. The first-order valence-corrected chi connectivity index (χ1v) is 6.87. The van der Waals surface area contributed by atoms with Gasteiger partial charge in [-0.2, -0.15) is 13.2 Å². The molecule has 0 heterocycles. The van der Waals surface area contributed by atoms with Crippen LogP contribution in [-0.4, -0.2) is 42.9 Å². The number of aryl methyl sites for hydroxylation is 1. The van der Waals surface area contributed by atoms with Crippen LogP contribution in [0.2, 0.25) is 0 Å². The minimum Gasteiger partial charge on any atom is -0.481 e. The van der Waals surface area contributed by atoms with E-state index in [1.807, 2.05) is 19.1 Å². The first-order chi connectivity index (χ1) is 10.7. The number of benzene rings is 1. The van der Waals surface area contributed by atoms with Gasteiger partial charge >= 0.3 is 12.1 Å². The summed E-state index contributed by atoms with van der Waals surface area (Å²) >= 11 is 0. The molecule has 5 nitrogen and oxygen atoms in total. The lowest BCUT2D eigenvalue weighted by Crippen LogP contribution is -2.36. The van der Waals surface area contributed by atoms with Gasteiger partial charge in [0.2, 0.25) is 5.91 Å². The Kier molecular flexibility index (Phi) is 7.02. The Hall–Kier alpha value is -2.09. The lowest BCUT2D eigenvalue weighted by atomic mass is 9.96. The van der Waals surface area contributed by atoms with Crippen molar-refractivity contribution < 1.29 is 32.6 Å². The smallest absolute Gasteiger partial charge is 0.411 e. The number of carbonyl (C=O) groups excluding carboxylic acids is 1. The van der Waals surface area contributed by atoms with Crippen LogP contribution in [-0.2, 0) is 20.7 Å². The minimum atomic E-state index is -4.51. The Balaban J connectivity index is 2.46. The summed E-state index contributed by atoms with van der Waals surface area (Å²) in [7, 11) is 0. The molecular formula is C15H18F3NO4. The molecule has 0 fully saturated rings. The molecule has 0 aliphatic carbocycles. The second kappa shape index (κ2) is 8.52. The van der Waals surface area contributed by atoms with Gasteiger partial charge in [0.1, 0.15) is 13.2 Å². The summed E-state index contributed by atoms with van der Waals surface area (Å²) in [6.07, 6.45) is -4.29. The van der Waals surface area contributed by atoms with E-state index in [-0.39, 0.29) is 13.0 Å². The number of rotatable bonds is 8. The lowest BCUT2D eigenvalue weighted by molar-refractivity contribution is -0.175. The number of hydrogen-bond donors (Lipinski definition) is 2. The van der Waals surface area contributed by atoms with E-state index in [0.717, 1.165) is 11.1 Å². The van der Waals surface area contributed by atoms with E-state index in [9.17, 15) is 27.9 Å². The summed E-state index contributed by atoms with van der Waals surface area (Å²) in [4.78, 5) is 22.6. The van der Waals surface area contributed by atoms with Gasteiger partial charge in [-0.05, 0) is 24.5 Å². The average molecular weight is 333 g/mol. The third-order valence-corrected chi connectivity index (χ3v) is 3.12. The van der Waals surface area contributed by atoms with Crippen molar-refractivity contribution in [3.05, 3.63) is 35.4 Å². The summed E-state index contributed by atoms with van der Waals surface area (Å²) < 4.78 is 39.8. The van der Waals surface area contributed by atoms with Crippen molar-refractivity contribution in [2.45, 2.75) is 19.5 Å². The molecule has 8 heteroatoms. The molecule has 1 unspecified atom stereocenters. The first-order valence-electron chi connectivity index (χ1n) is 6.87. The molecule has 0 aliphatic rings. The van der Waals surface area contributed by atoms with E-state index in [0.29, 0.717) is 0 Å². The minimum absolute atomic E-state index is 0.183. The highest BCUT2D eigenvalue weighted by atomic mass is 19.4. The van der Waals surface area contributed by atoms with Crippen LogP contribution in [0.5, 0.6) is 0 Å². The molecule has 1 atom stereocenters. The van der Waals surface area contributed by atoms with Crippen molar-refractivity contribution in [2.24, 2.45) is 5.92 Å². The molecule has 128 valence electrons.